The van der Waals surface area contributed by atoms with Crippen LogP contribution < -0.4 is 28.4 Å². The predicted octanol–water partition coefficient (Wildman–Crippen LogP) is 6.66. The molecule has 0 spiro atoms. The maximum atomic E-state index is 14.8. The van der Waals surface area contributed by atoms with E-state index in [0.717, 1.165) is 13.8 Å². The molecule has 1 atom stereocenters. The van der Waals surface area contributed by atoms with Crippen molar-refractivity contribution in [1.82, 2.24) is 0 Å². The lowest BCUT2D eigenvalue weighted by atomic mass is 9.92. The number of ether oxygens (including phenoxy) is 6. The molecule has 5 aromatic rings. The summed E-state index contributed by atoms with van der Waals surface area (Å²) in [5.41, 5.74) is 0.342. The number of hydrogen-bond acceptors (Lipinski definition) is 14. The van der Waals surface area contributed by atoms with Crippen LogP contribution in [-0.4, -0.2) is 41.4 Å². The number of rotatable bonds is 9. The van der Waals surface area contributed by atoms with Crippen LogP contribution in [0.25, 0.3) is 22.3 Å². The van der Waals surface area contributed by atoms with Crippen LogP contribution >= 0.6 is 0 Å². The number of hydrogen-bond donors (Lipinski definition) is 0. The topological polar surface area (TPSA) is 188 Å². The molecular weight excluding hydrogens is 704 g/mol. The van der Waals surface area contributed by atoms with E-state index in [1.54, 1.807) is 24.3 Å². The monoisotopic (exact) mass is 734 g/mol. The molecule has 1 aromatic heterocycles. The normalized spacial score (nSPS) is 13.3. The smallest absolute Gasteiger partial charge is 0.308 e. The Kier molecular flexibility index (Phi) is 10.1. The molecule has 0 saturated carbocycles. The standard InChI is InChI=1S/C40H30O14/c1-19(41)48-26-10-6-24(7-11-26)31-17-30(46)35-33(53-31)18-34(52-23(5)45)36-37(39(54-40(35)36)25-8-12-27(13-9-25)49-20(2)42)38(47)29-15-14-28(50-21(3)43)16-32(29)51-22(4)44/h6-16,18,31H,17H2,1-5H3/t31-/m1/s1. The van der Waals surface area contributed by atoms with Gasteiger partial charge in [-0.1, -0.05) is 12.1 Å². The Balaban J connectivity index is 1.57. The van der Waals surface area contributed by atoms with Crippen LogP contribution in [0.2, 0.25) is 0 Å². The highest BCUT2D eigenvalue weighted by Gasteiger charge is 2.37. The van der Waals surface area contributed by atoms with Crippen LogP contribution in [0.3, 0.4) is 0 Å². The van der Waals surface area contributed by atoms with Gasteiger partial charge < -0.3 is 32.8 Å². The van der Waals surface area contributed by atoms with E-state index in [1.165, 1.54) is 69.3 Å². The number of furan rings is 1. The van der Waals surface area contributed by atoms with Crippen LogP contribution in [-0.2, 0) is 24.0 Å². The average molecular weight is 735 g/mol. The van der Waals surface area contributed by atoms with Crippen LogP contribution in [0, 0.1) is 0 Å². The van der Waals surface area contributed by atoms with E-state index >= 15 is 0 Å². The maximum Gasteiger partial charge on any atom is 0.308 e. The number of Topliss-reactive ketones (excluding diaryl/α,β-unsaturated/α-hetero) is 1. The van der Waals surface area contributed by atoms with Gasteiger partial charge in [-0.25, -0.2) is 0 Å². The quantitative estimate of drug-likeness (QED) is 0.0888. The fraction of sp³-hybridized carbons (Fsp3) is 0.175. The zero-order valence-electron chi connectivity index (χ0n) is 29.4. The summed E-state index contributed by atoms with van der Waals surface area (Å²) in [6.07, 6.45) is -0.961. The van der Waals surface area contributed by atoms with Gasteiger partial charge in [-0.15, -0.1) is 0 Å². The molecule has 0 aliphatic carbocycles. The lowest BCUT2D eigenvalue weighted by Crippen LogP contribution is -2.21. The molecule has 14 heteroatoms. The molecule has 1 aliphatic rings. The van der Waals surface area contributed by atoms with Gasteiger partial charge in [0.05, 0.1) is 22.9 Å². The summed E-state index contributed by atoms with van der Waals surface area (Å²) in [6.45, 7) is 5.94. The van der Waals surface area contributed by atoms with Gasteiger partial charge in [0.15, 0.2) is 11.4 Å². The Morgan fingerprint density at radius 1 is 0.611 bits per heavy atom. The van der Waals surface area contributed by atoms with Crippen molar-refractivity contribution in [3.8, 4) is 45.8 Å². The third kappa shape index (κ3) is 7.72. The molecule has 14 nitrogen and oxygen atoms in total. The molecule has 0 N–H and O–H groups in total. The van der Waals surface area contributed by atoms with Gasteiger partial charge in [0, 0.05) is 52.3 Å². The maximum absolute atomic E-state index is 14.8. The summed E-state index contributed by atoms with van der Waals surface area (Å²) in [6, 6.07) is 17.4. The lowest BCUT2D eigenvalue weighted by molar-refractivity contribution is -0.133. The summed E-state index contributed by atoms with van der Waals surface area (Å²) >= 11 is 0. The minimum atomic E-state index is -0.801. The first-order chi connectivity index (χ1) is 25.7. The van der Waals surface area contributed by atoms with Gasteiger partial charge >= 0.3 is 29.8 Å². The van der Waals surface area contributed by atoms with E-state index in [-0.39, 0.29) is 74.2 Å². The number of ketones is 2. The summed E-state index contributed by atoms with van der Waals surface area (Å²) in [5.74, 6) is -4.54. The molecule has 1 aliphatic heterocycles. The first-order valence-corrected chi connectivity index (χ1v) is 16.3. The van der Waals surface area contributed by atoms with Gasteiger partial charge in [-0.3, -0.25) is 33.6 Å². The van der Waals surface area contributed by atoms with Crippen molar-refractivity contribution < 1.29 is 66.4 Å². The van der Waals surface area contributed by atoms with Crippen LogP contribution in [0.1, 0.15) is 79.0 Å². The first kappa shape index (κ1) is 36.7. The van der Waals surface area contributed by atoms with Crippen LogP contribution in [0.4, 0.5) is 0 Å². The largest absolute Gasteiger partial charge is 0.484 e. The van der Waals surface area contributed by atoms with E-state index in [9.17, 15) is 33.6 Å². The van der Waals surface area contributed by atoms with Gasteiger partial charge in [-0.2, -0.15) is 0 Å². The molecule has 274 valence electrons. The van der Waals surface area contributed by atoms with Crippen molar-refractivity contribution >= 4 is 52.4 Å². The zero-order chi connectivity index (χ0) is 38.8. The Hall–Kier alpha value is -7.09. The van der Waals surface area contributed by atoms with Gasteiger partial charge in [0.25, 0.3) is 0 Å². The van der Waals surface area contributed by atoms with Crippen molar-refractivity contribution in [2.45, 2.75) is 47.1 Å². The predicted molar refractivity (Wildman–Crippen MR) is 187 cm³/mol. The highest BCUT2D eigenvalue weighted by Crippen LogP contribution is 2.49. The number of carbonyl (C=O) groups excluding carboxylic acids is 7. The summed E-state index contributed by atoms with van der Waals surface area (Å²) in [5, 5.41) is -0.0630. The number of benzene rings is 4. The highest BCUT2D eigenvalue weighted by atomic mass is 16.6. The Bertz CT molecular complexity index is 2380. The molecule has 0 unspecified atom stereocenters. The summed E-state index contributed by atoms with van der Waals surface area (Å²) < 4.78 is 39.1. The average Bonchev–Trinajstić information content (AvgIpc) is 3.48. The highest BCUT2D eigenvalue weighted by molar-refractivity contribution is 6.24. The van der Waals surface area contributed by atoms with E-state index in [0.29, 0.717) is 11.3 Å². The SMILES string of the molecule is CC(=O)Oc1ccc(-c2oc3c4c(cc(OC(C)=O)c3c2C(=O)c2ccc(OC(C)=O)cc2OC(C)=O)O[C@@H](c2ccc(OC(C)=O)cc2)CC4=O)cc1. The van der Waals surface area contributed by atoms with E-state index in [4.69, 9.17) is 32.8 Å². The van der Waals surface area contributed by atoms with Crippen molar-refractivity contribution in [3.05, 3.63) is 95.1 Å². The molecule has 54 heavy (non-hydrogen) atoms. The van der Waals surface area contributed by atoms with Crippen molar-refractivity contribution in [2.24, 2.45) is 0 Å². The lowest BCUT2D eigenvalue weighted by Gasteiger charge is -2.26. The second-order valence-corrected chi connectivity index (χ2v) is 12.0. The molecule has 0 bridgehead atoms. The second-order valence-electron chi connectivity index (χ2n) is 12.0. The second kappa shape index (κ2) is 14.9. The number of carbonyl (C=O) groups is 7. The van der Waals surface area contributed by atoms with E-state index in [1.807, 2.05) is 0 Å². The zero-order valence-corrected chi connectivity index (χ0v) is 29.4. The molecular formula is C40H30O14. The molecule has 0 saturated heterocycles. The molecule has 6 rings (SSSR count). The molecule has 2 heterocycles. The van der Waals surface area contributed by atoms with Gasteiger partial charge in [-0.05, 0) is 54.1 Å². The Morgan fingerprint density at radius 2 is 1.13 bits per heavy atom. The van der Waals surface area contributed by atoms with E-state index in [2.05, 4.69) is 0 Å². The number of esters is 5. The minimum absolute atomic E-state index is 0.0000888. The van der Waals surface area contributed by atoms with Gasteiger partial charge in [0.1, 0.15) is 51.9 Å². The Morgan fingerprint density at radius 3 is 1.70 bits per heavy atom. The van der Waals surface area contributed by atoms with E-state index < -0.39 is 47.5 Å². The van der Waals surface area contributed by atoms with Crippen molar-refractivity contribution in [2.75, 3.05) is 0 Å². The fourth-order valence-corrected chi connectivity index (χ4v) is 5.93. The fourth-order valence-electron chi connectivity index (χ4n) is 5.93. The molecule has 0 radical (unpaired) electrons. The third-order valence-electron chi connectivity index (χ3n) is 7.89. The molecule has 4 aromatic carbocycles. The third-order valence-corrected chi connectivity index (χ3v) is 7.89. The molecule has 0 amide bonds. The van der Waals surface area contributed by atoms with Crippen LogP contribution in [0.15, 0.2) is 77.2 Å². The summed E-state index contributed by atoms with van der Waals surface area (Å²) in [4.78, 5) is 88.1. The van der Waals surface area contributed by atoms with Crippen molar-refractivity contribution in [1.29, 1.82) is 0 Å². The van der Waals surface area contributed by atoms with Gasteiger partial charge in [0.2, 0.25) is 5.78 Å². The summed E-state index contributed by atoms with van der Waals surface area (Å²) in [7, 11) is 0. The van der Waals surface area contributed by atoms with Crippen LogP contribution in [0.5, 0.6) is 34.5 Å². The number of fused-ring (bicyclic) bond motifs is 3. The molecule has 0 fully saturated rings. The Labute approximate surface area is 306 Å². The first-order valence-electron chi connectivity index (χ1n) is 16.3. The van der Waals surface area contributed by atoms with Crippen molar-refractivity contribution in [3.63, 3.8) is 0 Å². The minimum Gasteiger partial charge on any atom is -0.484 e.